The van der Waals surface area contributed by atoms with Crippen LogP contribution in [0.3, 0.4) is 0 Å². The molecule has 0 saturated carbocycles. The Morgan fingerprint density at radius 3 is 2.74 bits per heavy atom. The number of carbonyl (C=O) groups is 1. The van der Waals surface area contributed by atoms with Crippen molar-refractivity contribution in [2.24, 2.45) is 10.2 Å². The third-order valence-corrected chi connectivity index (χ3v) is 4.58. The maximum Gasteiger partial charge on any atom is 0.239 e. The van der Waals surface area contributed by atoms with Gasteiger partial charge in [-0.2, -0.15) is 5.10 Å². The Hall–Kier alpha value is -2.34. The lowest BCUT2D eigenvalue weighted by Gasteiger charge is -2.06. The molecule has 118 valence electrons. The number of hydrogen-bond donors (Lipinski definition) is 1. The number of amidine groups is 1. The third kappa shape index (κ3) is 4.10. The van der Waals surface area contributed by atoms with Crippen LogP contribution in [0.2, 0.25) is 0 Å². The first-order chi connectivity index (χ1) is 11.2. The van der Waals surface area contributed by atoms with Gasteiger partial charge in [-0.05, 0) is 36.1 Å². The van der Waals surface area contributed by atoms with Gasteiger partial charge in [-0.25, -0.2) is 0 Å². The van der Waals surface area contributed by atoms with Crippen LogP contribution in [0.4, 0.5) is 0 Å². The standard InChI is InChI=1S/C17H17N3O2S/c1-2-12-5-7-13(8-6-12)10-15-16(21)19-17(23-15)20-18-11-14-4-3-9-22-14/h3-9,11,15H,2,10H2,1H3,(H,19,20,21)/b18-11-/t15-/m1/s1. The highest BCUT2D eigenvalue weighted by Gasteiger charge is 2.30. The molecule has 1 aliphatic rings. The first kappa shape index (κ1) is 15.6. The molecule has 1 amide bonds. The number of nitrogens with one attached hydrogen (secondary N) is 1. The zero-order valence-corrected chi connectivity index (χ0v) is 13.5. The van der Waals surface area contributed by atoms with Gasteiger partial charge in [0, 0.05) is 0 Å². The van der Waals surface area contributed by atoms with E-state index in [4.69, 9.17) is 4.42 Å². The topological polar surface area (TPSA) is 67.0 Å². The first-order valence-electron chi connectivity index (χ1n) is 7.44. The summed E-state index contributed by atoms with van der Waals surface area (Å²) in [6, 6.07) is 11.9. The molecular formula is C17H17N3O2S. The average molecular weight is 327 g/mol. The fourth-order valence-electron chi connectivity index (χ4n) is 2.21. The van der Waals surface area contributed by atoms with Crippen LogP contribution in [-0.2, 0) is 17.6 Å². The van der Waals surface area contributed by atoms with Crippen LogP contribution in [0.25, 0.3) is 0 Å². The predicted octanol–water partition coefficient (Wildman–Crippen LogP) is 3.01. The second-order valence-corrected chi connectivity index (χ2v) is 6.33. The molecule has 2 aromatic rings. The summed E-state index contributed by atoms with van der Waals surface area (Å²) in [6.07, 6.45) is 4.78. The second-order valence-electron chi connectivity index (χ2n) is 5.14. The minimum atomic E-state index is -0.167. The Morgan fingerprint density at radius 2 is 2.04 bits per heavy atom. The highest BCUT2D eigenvalue weighted by atomic mass is 32.2. The maximum absolute atomic E-state index is 12.0. The smallest absolute Gasteiger partial charge is 0.239 e. The number of aryl methyl sites for hydroxylation is 1. The van der Waals surface area contributed by atoms with E-state index in [1.807, 2.05) is 0 Å². The van der Waals surface area contributed by atoms with Crippen molar-refractivity contribution in [1.82, 2.24) is 5.32 Å². The Balaban J connectivity index is 1.60. The molecule has 1 aliphatic heterocycles. The zero-order chi connectivity index (χ0) is 16.1. The van der Waals surface area contributed by atoms with Gasteiger partial charge in [0.25, 0.3) is 0 Å². The van der Waals surface area contributed by atoms with E-state index in [0.717, 1.165) is 12.0 Å². The van der Waals surface area contributed by atoms with E-state index >= 15 is 0 Å². The van der Waals surface area contributed by atoms with Crippen molar-refractivity contribution in [1.29, 1.82) is 0 Å². The van der Waals surface area contributed by atoms with Gasteiger partial charge in [0.15, 0.2) is 5.17 Å². The highest BCUT2D eigenvalue weighted by Crippen LogP contribution is 2.23. The fourth-order valence-corrected chi connectivity index (χ4v) is 3.18. The normalized spacial score (nSPS) is 19.6. The van der Waals surface area contributed by atoms with E-state index in [-0.39, 0.29) is 11.2 Å². The van der Waals surface area contributed by atoms with Crippen LogP contribution < -0.4 is 5.32 Å². The van der Waals surface area contributed by atoms with E-state index in [2.05, 4.69) is 46.7 Å². The van der Waals surface area contributed by atoms with Crippen molar-refractivity contribution < 1.29 is 9.21 Å². The van der Waals surface area contributed by atoms with Gasteiger partial charge < -0.3 is 9.73 Å². The van der Waals surface area contributed by atoms with Crippen molar-refractivity contribution in [2.45, 2.75) is 25.0 Å². The van der Waals surface area contributed by atoms with Crippen LogP contribution in [0.15, 0.2) is 57.3 Å². The molecular weight excluding hydrogens is 310 g/mol. The summed E-state index contributed by atoms with van der Waals surface area (Å²) in [5.74, 6) is 0.595. The summed E-state index contributed by atoms with van der Waals surface area (Å²) in [4.78, 5) is 12.0. The molecule has 23 heavy (non-hydrogen) atoms. The molecule has 2 heterocycles. The van der Waals surface area contributed by atoms with Crippen LogP contribution >= 0.6 is 11.8 Å². The van der Waals surface area contributed by atoms with Crippen LogP contribution in [0.5, 0.6) is 0 Å². The van der Waals surface area contributed by atoms with Crippen molar-refractivity contribution >= 4 is 29.1 Å². The van der Waals surface area contributed by atoms with E-state index in [1.54, 1.807) is 18.4 Å². The number of amides is 1. The summed E-state index contributed by atoms with van der Waals surface area (Å²) < 4.78 is 5.13. The molecule has 0 bridgehead atoms. The first-order valence-corrected chi connectivity index (χ1v) is 8.32. The minimum Gasteiger partial charge on any atom is -0.463 e. The molecule has 0 aliphatic carbocycles. The Morgan fingerprint density at radius 1 is 1.26 bits per heavy atom. The lowest BCUT2D eigenvalue weighted by molar-refractivity contribution is -0.118. The summed E-state index contributed by atoms with van der Waals surface area (Å²) in [5, 5.41) is 11.1. The van der Waals surface area contributed by atoms with Gasteiger partial charge in [-0.3, -0.25) is 4.79 Å². The molecule has 3 rings (SSSR count). The van der Waals surface area contributed by atoms with Crippen molar-refractivity contribution in [3.63, 3.8) is 0 Å². The summed E-state index contributed by atoms with van der Waals surface area (Å²) >= 11 is 1.41. The maximum atomic E-state index is 12.0. The molecule has 1 aromatic carbocycles. The van der Waals surface area contributed by atoms with Crippen LogP contribution in [-0.4, -0.2) is 22.5 Å². The van der Waals surface area contributed by atoms with Crippen molar-refractivity contribution in [3.8, 4) is 0 Å². The van der Waals surface area contributed by atoms with Gasteiger partial charge in [0.05, 0.1) is 17.7 Å². The number of hydrogen-bond acceptors (Lipinski definition) is 5. The quantitative estimate of drug-likeness (QED) is 0.678. The van der Waals surface area contributed by atoms with E-state index in [0.29, 0.717) is 17.3 Å². The van der Waals surface area contributed by atoms with Gasteiger partial charge in [0.2, 0.25) is 5.91 Å². The number of furan rings is 1. The largest absolute Gasteiger partial charge is 0.463 e. The Bertz CT molecular complexity index is 721. The van der Waals surface area contributed by atoms with E-state index < -0.39 is 0 Å². The molecule has 0 unspecified atom stereocenters. The minimum absolute atomic E-state index is 0.0264. The molecule has 6 heteroatoms. The Kier molecular flexibility index (Phi) is 4.92. The van der Waals surface area contributed by atoms with Crippen LogP contribution in [0, 0.1) is 0 Å². The molecule has 5 nitrogen and oxygen atoms in total. The summed E-state index contributed by atoms with van der Waals surface area (Å²) in [7, 11) is 0. The molecule has 1 fully saturated rings. The van der Waals surface area contributed by atoms with E-state index in [9.17, 15) is 4.79 Å². The van der Waals surface area contributed by atoms with Crippen molar-refractivity contribution in [2.75, 3.05) is 0 Å². The average Bonchev–Trinajstić information content (AvgIpc) is 3.19. The Labute approximate surface area is 138 Å². The second kappa shape index (κ2) is 7.28. The molecule has 1 aromatic heterocycles. The number of nitrogens with zero attached hydrogens (tertiary/aromatic N) is 2. The molecule has 1 N–H and O–H groups in total. The molecule has 1 atom stereocenters. The number of rotatable bonds is 5. The van der Waals surface area contributed by atoms with Crippen LogP contribution in [0.1, 0.15) is 23.8 Å². The zero-order valence-electron chi connectivity index (χ0n) is 12.7. The third-order valence-electron chi connectivity index (χ3n) is 3.51. The number of benzene rings is 1. The molecule has 1 saturated heterocycles. The highest BCUT2D eigenvalue weighted by molar-refractivity contribution is 8.15. The summed E-state index contributed by atoms with van der Waals surface area (Å²) in [5.41, 5.74) is 2.45. The predicted molar refractivity (Wildman–Crippen MR) is 92.8 cm³/mol. The van der Waals surface area contributed by atoms with E-state index in [1.165, 1.54) is 23.5 Å². The monoisotopic (exact) mass is 327 g/mol. The SMILES string of the molecule is CCc1ccc(C[C@H]2S/C(=N/N=C\c3ccco3)NC2=O)cc1. The number of carbonyl (C=O) groups excluding carboxylic acids is 1. The lowest BCUT2D eigenvalue weighted by Crippen LogP contribution is -2.25. The number of thioether (sulfide) groups is 1. The lowest BCUT2D eigenvalue weighted by atomic mass is 10.1. The van der Waals surface area contributed by atoms with Gasteiger partial charge in [0.1, 0.15) is 5.76 Å². The van der Waals surface area contributed by atoms with Gasteiger partial charge >= 0.3 is 0 Å². The fraction of sp³-hybridized carbons (Fsp3) is 0.235. The van der Waals surface area contributed by atoms with Gasteiger partial charge in [-0.1, -0.05) is 43.0 Å². The van der Waals surface area contributed by atoms with Crippen molar-refractivity contribution in [3.05, 3.63) is 59.5 Å². The molecule has 0 spiro atoms. The summed E-state index contributed by atoms with van der Waals surface area (Å²) in [6.45, 7) is 2.13. The van der Waals surface area contributed by atoms with Gasteiger partial charge in [-0.15, -0.1) is 5.10 Å². The molecule has 0 radical (unpaired) electrons.